The summed E-state index contributed by atoms with van der Waals surface area (Å²) in [6, 6.07) is 0. The molecule has 0 atom stereocenters. The van der Waals surface area contributed by atoms with Crippen LogP contribution in [0.15, 0.2) is 72.9 Å². The maximum absolute atomic E-state index is 10.3. The van der Waals surface area contributed by atoms with Crippen molar-refractivity contribution < 1.29 is 9.90 Å². The molecule has 0 aliphatic carbocycles. The number of allylic oxidation sites excluding steroid dienone is 12. The number of carboxylic acid groups (broad SMARTS) is 1. The van der Waals surface area contributed by atoms with Crippen molar-refractivity contribution in [1.82, 2.24) is 0 Å². The van der Waals surface area contributed by atoms with Gasteiger partial charge in [-0.05, 0) is 44.6 Å². The number of terminal acetylenes is 1. The molecule has 0 bridgehead atoms. The lowest BCUT2D eigenvalue weighted by Crippen LogP contribution is -1.91. The Morgan fingerprint density at radius 2 is 1.08 bits per heavy atom. The Kier molecular flexibility index (Phi) is 16.6. The maximum Gasteiger partial charge on any atom is 0.303 e. The number of hydrogen-bond acceptors (Lipinski definition) is 1. The molecule has 2 nitrogen and oxygen atoms in total. The van der Waals surface area contributed by atoms with Crippen molar-refractivity contribution in [3.63, 3.8) is 0 Å². The van der Waals surface area contributed by atoms with Gasteiger partial charge >= 0.3 is 5.97 Å². The van der Waals surface area contributed by atoms with Crippen molar-refractivity contribution in [1.29, 1.82) is 0 Å². The monoisotopic (exact) mass is 324 g/mol. The van der Waals surface area contributed by atoms with Gasteiger partial charge in [0.25, 0.3) is 0 Å². The molecule has 1 N–H and O–H groups in total. The highest BCUT2D eigenvalue weighted by Gasteiger charge is 1.90. The fraction of sp³-hybridized carbons (Fsp3) is 0.318. The van der Waals surface area contributed by atoms with Gasteiger partial charge < -0.3 is 5.11 Å². The van der Waals surface area contributed by atoms with E-state index < -0.39 is 5.97 Å². The third-order valence-electron chi connectivity index (χ3n) is 2.93. The van der Waals surface area contributed by atoms with Gasteiger partial charge in [0, 0.05) is 6.42 Å². The first-order chi connectivity index (χ1) is 11.8. The van der Waals surface area contributed by atoms with Crippen LogP contribution in [0.1, 0.15) is 44.9 Å². The molecule has 0 aromatic heterocycles. The molecule has 0 aliphatic heterocycles. The molecule has 0 heterocycles. The second kappa shape index (κ2) is 18.5. The third kappa shape index (κ3) is 19.5. The highest BCUT2D eigenvalue weighted by atomic mass is 16.4. The van der Waals surface area contributed by atoms with Crippen LogP contribution in [0, 0.1) is 12.3 Å². The Bertz CT molecular complexity index is 523. The Labute approximate surface area is 146 Å². The van der Waals surface area contributed by atoms with E-state index >= 15 is 0 Å². The molecule has 0 saturated carbocycles. The lowest BCUT2D eigenvalue weighted by Gasteiger charge is -1.87. The molecule has 0 saturated heterocycles. The maximum atomic E-state index is 10.3. The van der Waals surface area contributed by atoms with E-state index in [1.807, 2.05) is 18.2 Å². The van der Waals surface area contributed by atoms with E-state index in [1.54, 1.807) is 6.08 Å². The topological polar surface area (TPSA) is 37.3 Å². The van der Waals surface area contributed by atoms with Gasteiger partial charge in [-0.25, -0.2) is 0 Å². The predicted molar refractivity (Wildman–Crippen MR) is 104 cm³/mol. The normalized spacial score (nSPS) is 12.6. The van der Waals surface area contributed by atoms with Crippen LogP contribution in [0.5, 0.6) is 0 Å². The molecule has 0 amide bonds. The average molecular weight is 324 g/mol. The van der Waals surface area contributed by atoms with E-state index in [0.29, 0.717) is 6.42 Å². The van der Waals surface area contributed by atoms with E-state index in [4.69, 9.17) is 11.5 Å². The minimum atomic E-state index is -0.748. The number of carbonyl (C=O) groups is 1. The van der Waals surface area contributed by atoms with Crippen molar-refractivity contribution in [2.45, 2.75) is 44.9 Å². The van der Waals surface area contributed by atoms with Gasteiger partial charge in [0.1, 0.15) is 0 Å². The summed E-state index contributed by atoms with van der Waals surface area (Å²) in [6.07, 6.45) is 35.2. The predicted octanol–water partition coefficient (Wildman–Crippen LogP) is 5.77. The molecule has 2 heteroatoms. The minimum absolute atomic E-state index is 0.203. The van der Waals surface area contributed by atoms with Crippen LogP contribution in [0.25, 0.3) is 0 Å². The van der Waals surface area contributed by atoms with Crippen LogP contribution in [-0.4, -0.2) is 11.1 Å². The molecule has 0 aromatic carbocycles. The van der Waals surface area contributed by atoms with Gasteiger partial charge in [0.15, 0.2) is 0 Å². The lowest BCUT2D eigenvalue weighted by molar-refractivity contribution is -0.136. The van der Waals surface area contributed by atoms with E-state index in [0.717, 1.165) is 32.1 Å². The molecule has 128 valence electrons. The molecule has 0 unspecified atom stereocenters. The van der Waals surface area contributed by atoms with Crippen molar-refractivity contribution >= 4 is 5.97 Å². The van der Waals surface area contributed by atoms with Crippen molar-refractivity contribution in [3.8, 4) is 12.3 Å². The molecule has 0 radical (unpaired) electrons. The van der Waals surface area contributed by atoms with Gasteiger partial charge in [-0.2, -0.15) is 0 Å². The average Bonchev–Trinajstić information content (AvgIpc) is 2.56. The van der Waals surface area contributed by atoms with Crippen LogP contribution < -0.4 is 0 Å². The quantitative estimate of drug-likeness (QED) is 0.345. The number of aliphatic carboxylic acids is 1. The molecule has 0 aliphatic rings. The van der Waals surface area contributed by atoms with Crippen LogP contribution in [-0.2, 0) is 4.79 Å². The van der Waals surface area contributed by atoms with Crippen molar-refractivity contribution in [2.75, 3.05) is 0 Å². The summed E-state index contributed by atoms with van der Waals surface area (Å²) in [6.45, 7) is 0. The molecule has 0 rings (SSSR count). The number of carboxylic acids is 1. The van der Waals surface area contributed by atoms with Crippen molar-refractivity contribution in [2.24, 2.45) is 0 Å². The molecule has 0 spiro atoms. The fourth-order valence-corrected chi connectivity index (χ4v) is 1.72. The summed E-state index contributed by atoms with van der Waals surface area (Å²) >= 11 is 0. The summed E-state index contributed by atoms with van der Waals surface area (Å²) < 4.78 is 0. The van der Waals surface area contributed by atoms with Crippen LogP contribution in [0.4, 0.5) is 0 Å². The fourth-order valence-electron chi connectivity index (χ4n) is 1.72. The first-order valence-corrected chi connectivity index (χ1v) is 8.35. The summed E-state index contributed by atoms with van der Waals surface area (Å²) in [5.41, 5.74) is 0. The summed E-state index contributed by atoms with van der Waals surface area (Å²) in [5, 5.41) is 8.49. The zero-order chi connectivity index (χ0) is 17.7. The van der Waals surface area contributed by atoms with Gasteiger partial charge in [-0.1, -0.05) is 72.8 Å². The van der Waals surface area contributed by atoms with E-state index in [9.17, 15) is 4.79 Å². The Balaban J connectivity index is 3.53. The van der Waals surface area contributed by atoms with E-state index in [2.05, 4.69) is 54.5 Å². The van der Waals surface area contributed by atoms with Crippen LogP contribution in [0.3, 0.4) is 0 Å². The first kappa shape index (κ1) is 21.5. The molecule has 0 aromatic rings. The van der Waals surface area contributed by atoms with Gasteiger partial charge in [0.05, 0.1) is 0 Å². The smallest absolute Gasteiger partial charge is 0.303 e. The third-order valence-corrected chi connectivity index (χ3v) is 2.93. The highest BCUT2D eigenvalue weighted by molar-refractivity contribution is 5.66. The lowest BCUT2D eigenvalue weighted by atomic mass is 10.2. The minimum Gasteiger partial charge on any atom is -0.481 e. The first-order valence-electron chi connectivity index (χ1n) is 8.35. The molecular formula is C22H28O2. The molecule has 0 fully saturated rings. The molecule has 24 heavy (non-hydrogen) atoms. The summed E-state index contributed by atoms with van der Waals surface area (Å²) in [5.74, 6) is 1.71. The van der Waals surface area contributed by atoms with Crippen molar-refractivity contribution in [3.05, 3.63) is 72.9 Å². The SMILES string of the molecule is C#C/C=C\C/C=C\C/C=C\C/C=C\C/C=C\C/C=C\CCC(=O)O. The largest absolute Gasteiger partial charge is 0.481 e. The summed E-state index contributed by atoms with van der Waals surface area (Å²) in [7, 11) is 0. The van der Waals surface area contributed by atoms with Crippen LogP contribution in [0.2, 0.25) is 0 Å². The highest BCUT2D eigenvalue weighted by Crippen LogP contribution is 1.97. The Morgan fingerprint density at radius 1 is 0.708 bits per heavy atom. The number of hydrogen-bond donors (Lipinski definition) is 1. The van der Waals surface area contributed by atoms with Gasteiger partial charge in [-0.3, -0.25) is 4.79 Å². The second-order valence-electron chi connectivity index (χ2n) is 5.04. The van der Waals surface area contributed by atoms with Gasteiger partial charge in [-0.15, -0.1) is 6.42 Å². The Morgan fingerprint density at radius 3 is 1.46 bits per heavy atom. The standard InChI is InChI=1S/C22H28O2/c1-2-3-4-5-6-7-8-9-10-11-12-13-14-15-16-17-18-19-20-21-22(23)24/h1,3-4,6-7,9-10,12-13,15-16,18-19H,5,8,11,14,17,20-21H2,(H,23,24)/b4-3-,7-6-,10-9-,13-12-,16-15-,19-18-. The second-order valence-corrected chi connectivity index (χ2v) is 5.04. The number of rotatable bonds is 13. The summed E-state index contributed by atoms with van der Waals surface area (Å²) in [4.78, 5) is 10.3. The van der Waals surface area contributed by atoms with Gasteiger partial charge in [0.2, 0.25) is 0 Å². The van der Waals surface area contributed by atoms with E-state index in [-0.39, 0.29) is 6.42 Å². The Hall–Kier alpha value is -2.53. The molecular weight excluding hydrogens is 296 g/mol. The van der Waals surface area contributed by atoms with E-state index in [1.165, 1.54) is 0 Å². The zero-order valence-electron chi connectivity index (χ0n) is 14.3. The van der Waals surface area contributed by atoms with Crippen LogP contribution >= 0.6 is 0 Å². The zero-order valence-corrected chi connectivity index (χ0v) is 14.3.